The van der Waals surface area contributed by atoms with Gasteiger partial charge in [-0.1, -0.05) is 38.1 Å². The third kappa shape index (κ3) is 6.92. The van der Waals surface area contributed by atoms with E-state index >= 15 is 0 Å². The maximum atomic E-state index is 12.3. The van der Waals surface area contributed by atoms with Gasteiger partial charge >= 0.3 is 6.03 Å². The van der Waals surface area contributed by atoms with Gasteiger partial charge in [0.15, 0.2) is 0 Å². The smallest absolute Gasteiger partial charge is 0.319 e. The van der Waals surface area contributed by atoms with E-state index in [4.69, 9.17) is 0 Å². The molecule has 0 radical (unpaired) electrons. The van der Waals surface area contributed by atoms with Crippen molar-refractivity contribution < 1.29 is 4.79 Å². The molecule has 2 amide bonds. The zero-order valence-corrected chi connectivity index (χ0v) is 17.8. The van der Waals surface area contributed by atoms with Gasteiger partial charge in [0.05, 0.1) is 0 Å². The topological polar surface area (TPSA) is 44.4 Å². The normalized spacial score (nSPS) is 12.1. The maximum Gasteiger partial charge on any atom is 0.319 e. The van der Waals surface area contributed by atoms with Crippen LogP contribution < -0.4 is 10.6 Å². The Hall–Kier alpha value is -1.98. The van der Waals surface area contributed by atoms with Crippen LogP contribution in [0.3, 0.4) is 0 Å². The highest BCUT2D eigenvalue weighted by atomic mass is 32.2. The molecule has 0 saturated heterocycles. The number of anilines is 1. The number of aryl methyl sites for hydroxylation is 1. The van der Waals surface area contributed by atoms with Gasteiger partial charge in [0.2, 0.25) is 0 Å². The summed E-state index contributed by atoms with van der Waals surface area (Å²) in [5.41, 5.74) is 4.29. The highest BCUT2D eigenvalue weighted by Gasteiger charge is 2.09. The lowest BCUT2D eigenvalue weighted by molar-refractivity contribution is 0.251. The van der Waals surface area contributed by atoms with Gasteiger partial charge in [0.1, 0.15) is 0 Å². The van der Waals surface area contributed by atoms with Gasteiger partial charge in [-0.15, -0.1) is 11.8 Å². The van der Waals surface area contributed by atoms with E-state index in [0.717, 1.165) is 29.8 Å². The van der Waals surface area contributed by atoms with Crippen LogP contribution in [-0.4, -0.2) is 30.3 Å². The Bertz CT molecular complexity index is 761. The number of rotatable bonds is 8. The molecule has 4 nitrogen and oxygen atoms in total. The summed E-state index contributed by atoms with van der Waals surface area (Å²) in [5, 5.41) is 6.53. The monoisotopic (exact) mass is 385 g/mol. The molecule has 0 bridgehead atoms. The molecule has 0 saturated carbocycles. The molecular weight excluding hydrogens is 354 g/mol. The fraction of sp³-hybridized carbons (Fsp3) is 0.409. The van der Waals surface area contributed by atoms with Crippen molar-refractivity contribution in [3.05, 3.63) is 59.2 Å². The standard InChI is InChI=1S/C22H31N3OS/c1-6-17(3)27-20-11-12-21(16(2)13-20)24-22(26)23-14-18-9-7-8-10-19(18)15-25(4)5/h7-13,17H,6,14-15H2,1-5H3,(H2,23,24,26). The molecule has 1 unspecified atom stereocenters. The minimum Gasteiger partial charge on any atom is -0.334 e. The zero-order valence-electron chi connectivity index (χ0n) is 17.0. The van der Waals surface area contributed by atoms with Crippen molar-refractivity contribution in [3.8, 4) is 0 Å². The van der Waals surface area contributed by atoms with Crippen LogP contribution in [0.2, 0.25) is 0 Å². The van der Waals surface area contributed by atoms with Gasteiger partial charge in [-0.2, -0.15) is 0 Å². The van der Waals surface area contributed by atoms with Gasteiger partial charge < -0.3 is 15.5 Å². The first kappa shape index (κ1) is 21.3. The molecule has 0 spiro atoms. The van der Waals surface area contributed by atoms with E-state index in [-0.39, 0.29) is 6.03 Å². The summed E-state index contributed by atoms with van der Waals surface area (Å²) < 4.78 is 0. The highest BCUT2D eigenvalue weighted by Crippen LogP contribution is 2.28. The van der Waals surface area contributed by atoms with Gasteiger partial charge in [0.25, 0.3) is 0 Å². The lowest BCUT2D eigenvalue weighted by atomic mass is 10.1. The number of amides is 2. The van der Waals surface area contributed by atoms with Crippen molar-refractivity contribution in [2.24, 2.45) is 0 Å². The number of nitrogens with zero attached hydrogens (tertiary/aromatic N) is 1. The quantitative estimate of drug-likeness (QED) is 0.609. The minimum absolute atomic E-state index is 0.180. The number of hydrogen-bond donors (Lipinski definition) is 2. The first-order valence-electron chi connectivity index (χ1n) is 9.42. The molecule has 2 rings (SSSR count). The summed E-state index contributed by atoms with van der Waals surface area (Å²) in [7, 11) is 4.09. The van der Waals surface area contributed by atoms with E-state index in [9.17, 15) is 4.79 Å². The van der Waals surface area contributed by atoms with Crippen LogP contribution >= 0.6 is 11.8 Å². The summed E-state index contributed by atoms with van der Waals surface area (Å²) in [6, 6.07) is 14.2. The van der Waals surface area contributed by atoms with Crippen molar-refractivity contribution in [2.75, 3.05) is 19.4 Å². The van der Waals surface area contributed by atoms with Crippen LogP contribution in [0.1, 0.15) is 37.0 Å². The molecule has 1 atom stereocenters. The van der Waals surface area contributed by atoms with Gasteiger partial charge in [-0.25, -0.2) is 4.79 Å². The first-order chi connectivity index (χ1) is 12.9. The van der Waals surface area contributed by atoms with Crippen LogP contribution in [0, 0.1) is 6.92 Å². The number of carbonyl (C=O) groups is 1. The third-order valence-electron chi connectivity index (χ3n) is 4.40. The highest BCUT2D eigenvalue weighted by molar-refractivity contribution is 7.99. The Morgan fingerprint density at radius 3 is 2.48 bits per heavy atom. The second kappa shape index (κ2) is 10.4. The Morgan fingerprint density at radius 1 is 1.15 bits per heavy atom. The molecule has 0 aliphatic carbocycles. The lowest BCUT2D eigenvalue weighted by Gasteiger charge is -2.16. The molecule has 5 heteroatoms. The van der Waals surface area contributed by atoms with Crippen LogP contribution in [0.4, 0.5) is 10.5 Å². The predicted molar refractivity (Wildman–Crippen MR) is 116 cm³/mol. The van der Waals surface area contributed by atoms with E-state index in [1.165, 1.54) is 10.5 Å². The fourth-order valence-electron chi connectivity index (χ4n) is 2.73. The molecule has 0 aliphatic rings. The van der Waals surface area contributed by atoms with E-state index in [1.54, 1.807) is 0 Å². The van der Waals surface area contributed by atoms with Gasteiger partial charge in [0, 0.05) is 28.9 Å². The molecule has 0 heterocycles. The zero-order chi connectivity index (χ0) is 19.8. The van der Waals surface area contributed by atoms with Gasteiger partial charge in [-0.05, 0) is 62.3 Å². The Kier molecular flexibility index (Phi) is 8.20. The van der Waals surface area contributed by atoms with Crippen LogP contribution in [0.5, 0.6) is 0 Å². The SMILES string of the molecule is CCC(C)Sc1ccc(NC(=O)NCc2ccccc2CN(C)C)c(C)c1. The largest absolute Gasteiger partial charge is 0.334 e. The van der Waals surface area contributed by atoms with Crippen molar-refractivity contribution in [3.63, 3.8) is 0 Å². The molecule has 0 aliphatic heterocycles. The molecule has 2 N–H and O–H groups in total. The summed E-state index contributed by atoms with van der Waals surface area (Å²) in [5.74, 6) is 0. The summed E-state index contributed by atoms with van der Waals surface area (Å²) in [4.78, 5) is 15.7. The third-order valence-corrected chi connectivity index (χ3v) is 5.66. The molecule has 0 aromatic heterocycles. The fourth-order valence-corrected chi connectivity index (χ4v) is 3.75. The van der Waals surface area contributed by atoms with Crippen molar-refractivity contribution in [2.45, 2.75) is 50.4 Å². The number of urea groups is 1. The first-order valence-corrected chi connectivity index (χ1v) is 10.3. The molecule has 2 aromatic rings. The van der Waals surface area contributed by atoms with E-state index in [0.29, 0.717) is 11.8 Å². The Balaban J connectivity index is 1.95. The van der Waals surface area contributed by atoms with E-state index in [2.05, 4.69) is 53.6 Å². The predicted octanol–water partition coefficient (Wildman–Crippen LogP) is 5.27. The summed E-state index contributed by atoms with van der Waals surface area (Å²) in [6.45, 7) is 7.82. The summed E-state index contributed by atoms with van der Waals surface area (Å²) in [6.07, 6.45) is 1.14. The van der Waals surface area contributed by atoms with E-state index < -0.39 is 0 Å². The second-order valence-corrected chi connectivity index (χ2v) is 8.64. The maximum absolute atomic E-state index is 12.3. The number of carbonyl (C=O) groups excluding carboxylic acids is 1. The van der Waals surface area contributed by atoms with Crippen molar-refractivity contribution >= 4 is 23.5 Å². The minimum atomic E-state index is -0.180. The second-order valence-electron chi connectivity index (χ2n) is 7.13. The molecule has 0 fully saturated rings. The van der Waals surface area contributed by atoms with Crippen LogP contribution in [0.25, 0.3) is 0 Å². The molecule has 146 valence electrons. The van der Waals surface area contributed by atoms with Crippen molar-refractivity contribution in [1.82, 2.24) is 10.2 Å². The Labute approximate surface area is 167 Å². The summed E-state index contributed by atoms with van der Waals surface area (Å²) >= 11 is 1.87. The van der Waals surface area contributed by atoms with Gasteiger partial charge in [-0.3, -0.25) is 0 Å². The lowest BCUT2D eigenvalue weighted by Crippen LogP contribution is -2.29. The number of nitrogens with one attached hydrogen (secondary N) is 2. The van der Waals surface area contributed by atoms with Crippen LogP contribution in [-0.2, 0) is 13.1 Å². The molecule has 2 aromatic carbocycles. The Morgan fingerprint density at radius 2 is 1.85 bits per heavy atom. The average Bonchev–Trinajstić information content (AvgIpc) is 2.62. The average molecular weight is 386 g/mol. The van der Waals surface area contributed by atoms with Crippen LogP contribution in [0.15, 0.2) is 47.4 Å². The molecule has 27 heavy (non-hydrogen) atoms. The number of benzene rings is 2. The molecular formula is C22H31N3OS. The van der Waals surface area contributed by atoms with E-state index in [1.807, 2.05) is 51.0 Å². The van der Waals surface area contributed by atoms with Crippen molar-refractivity contribution in [1.29, 1.82) is 0 Å². The number of hydrogen-bond acceptors (Lipinski definition) is 3. The number of thioether (sulfide) groups is 1.